The third-order valence-electron chi connectivity index (χ3n) is 5.50. The van der Waals surface area contributed by atoms with Crippen molar-refractivity contribution < 1.29 is 8.83 Å². The molecule has 4 aromatic carbocycles. The average molecular weight is 390 g/mol. The molecular formula is C26H14O4. The minimum absolute atomic E-state index is 0.0826. The Hall–Kier alpha value is -4.18. The highest BCUT2D eigenvalue weighted by molar-refractivity contribution is 6.04. The molecule has 2 aromatic heterocycles. The molecule has 0 atom stereocenters. The van der Waals surface area contributed by atoms with Crippen LogP contribution < -0.4 is 10.9 Å². The molecule has 2 heterocycles. The van der Waals surface area contributed by atoms with E-state index in [1.165, 1.54) is 0 Å². The Kier molecular flexibility index (Phi) is 3.44. The van der Waals surface area contributed by atoms with Crippen LogP contribution in [-0.4, -0.2) is 0 Å². The SMILES string of the molecule is O=c1c2ccccc2oc2c(-c3cccc4c(=O)c5ccccc5oc34)cccc12. The predicted molar refractivity (Wildman–Crippen MR) is 119 cm³/mol. The number of hydrogen-bond acceptors (Lipinski definition) is 4. The monoisotopic (exact) mass is 390 g/mol. The molecule has 0 N–H and O–H groups in total. The number of benzene rings is 4. The van der Waals surface area contributed by atoms with Crippen LogP contribution in [0.2, 0.25) is 0 Å². The molecule has 0 saturated heterocycles. The van der Waals surface area contributed by atoms with Gasteiger partial charge in [-0.25, -0.2) is 0 Å². The molecule has 0 fully saturated rings. The molecule has 0 amide bonds. The summed E-state index contributed by atoms with van der Waals surface area (Å²) in [6.07, 6.45) is 0. The molecule has 6 rings (SSSR count). The van der Waals surface area contributed by atoms with E-state index in [2.05, 4.69) is 0 Å². The van der Waals surface area contributed by atoms with Gasteiger partial charge in [-0.1, -0.05) is 48.5 Å². The highest BCUT2D eigenvalue weighted by Crippen LogP contribution is 2.34. The fourth-order valence-electron chi connectivity index (χ4n) is 4.07. The highest BCUT2D eigenvalue weighted by Gasteiger charge is 2.17. The van der Waals surface area contributed by atoms with Crippen molar-refractivity contribution in [2.24, 2.45) is 0 Å². The Labute approximate surface area is 169 Å². The van der Waals surface area contributed by atoms with Gasteiger partial charge in [0.25, 0.3) is 0 Å². The van der Waals surface area contributed by atoms with Crippen LogP contribution in [-0.2, 0) is 0 Å². The van der Waals surface area contributed by atoms with Gasteiger partial charge >= 0.3 is 0 Å². The molecular weight excluding hydrogens is 376 g/mol. The van der Waals surface area contributed by atoms with Crippen LogP contribution in [0.1, 0.15) is 0 Å². The summed E-state index contributed by atoms with van der Waals surface area (Å²) in [6, 6.07) is 25.3. The molecule has 0 radical (unpaired) electrons. The molecule has 0 saturated carbocycles. The lowest BCUT2D eigenvalue weighted by molar-refractivity contribution is 0.656. The molecule has 6 aromatic rings. The number of hydrogen-bond donors (Lipinski definition) is 0. The number of fused-ring (bicyclic) bond motifs is 4. The minimum Gasteiger partial charge on any atom is -0.455 e. The smallest absolute Gasteiger partial charge is 0.200 e. The van der Waals surface area contributed by atoms with Crippen molar-refractivity contribution in [1.29, 1.82) is 0 Å². The lowest BCUT2D eigenvalue weighted by Crippen LogP contribution is -2.04. The van der Waals surface area contributed by atoms with Gasteiger partial charge in [0.1, 0.15) is 22.3 Å². The average Bonchev–Trinajstić information content (AvgIpc) is 2.79. The van der Waals surface area contributed by atoms with E-state index in [1.54, 1.807) is 36.4 Å². The van der Waals surface area contributed by atoms with Crippen molar-refractivity contribution in [1.82, 2.24) is 0 Å². The van der Waals surface area contributed by atoms with Crippen LogP contribution in [0.15, 0.2) is 103 Å². The lowest BCUT2D eigenvalue weighted by atomic mass is 9.99. The first-order valence-electron chi connectivity index (χ1n) is 9.62. The van der Waals surface area contributed by atoms with Gasteiger partial charge in [-0.15, -0.1) is 0 Å². The zero-order valence-electron chi connectivity index (χ0n) is 15.7. The molecule has 0 bridgehead atoms. The van der Waals surface area contributed by atoms with Gasteiger partial charge in [0.15, 0.2) is 0 Å². The molecule has 0 aliphatic heterocycles. The van der Waals surface area contributed by atoms with Crippen molar-refractivity contribution in [2.45, 2.75) is 0 Å². The zero-order valence-corrected chi connectivity index (χ0v) is 15.7. The Morgan fingerprint density at radius 1 is 0.433 bits per heavy atom. The number of para-hydroxylation sites is 4. The normalized spacial score (nSPS) is 11.6. The fraction of sp³-hybridized carbons (Fsp3) is 0. The Bertz CT molecular complexity index is 1610. The van der Waals surface area contributed by atoms with Gasteiger partial charge in [-0.2, -0.15) is 0 Å². The van der Waals surface area contributed by atoms with Gasteiger partial charge in [0, 0.05) is 11.1 Å². The maximum atomic E-state index is 13.0. The van der Waals surface area contributed by atoms with E-state index in [0.717, 1.165) is 0 Å². The molecule has 30 heavy (non-hydrogen) atoms. The van der Waals surface area contributed by atoms with Crippen molar-refractivity contribution in [2.75, 3.05) is 0 Å². The van der Waals surface area contributed by atoms with Gasteiger partial charge < -0.3 is 8.83 Å². The van der Waals surface area contributed by atoms with E-state index in [9.17, 15) is 9.59 Å². The van der Waals surface area contributed by atoms with Crippen molar-refractivity contribution in [3.8, 4) is 11.1 Å². The summed E-state index contributed by atoms with van der Waals surface area (Å²) >= 11 is 0. The van der Waals surface area contributed by atoms with Gasteiger partial charge in [0.05, 0.1) is 21.5 Å². The molecule has 0 unspecified atom stereocenters. The van der Waals surface area contributed by atoms with Crippen LogP contribution in [0.3, 0.4) is 0 Å². The third-order valence-corrected chi connectivity index (χ3v) is 5.50. The Morgan fingerprint density at radius 2 is 0.833 bits per heavy atom. The summed E-state index contributed by atoms with van der Waals surface area (Å²) in [4.78, 5) is 26.1. The predicted octanol–water partition coefficient (Wildman–Crippen LogP) is 5.87. The van der Waals surface area contributed by atoms with E-state index < -0.39 is 0 Å². The molecule has 142 valence electrons. The summed E-state index contributed by atoms with van der Waals surface area (Å²) in [5, 5.41) is 2.06. The molecule has 0 aliphatic rings. The summed E-state index contributed by atoms with van der Waals surface area (Å²) in [6.45, 7) is 0. The van der Waals surface area contributed by atoms with Crippen LogP contribution in [0.5, 0.6) is 0 Å². The van der Waals surface area contributed by atoms with Gasteiger partial charge in [-0.3, -0.25) is 9.59 Å². The van der Waals surface area contributed by atoms with E-state index >= 15 is 0 Å². The van der Waals surface area contributed by atoms with Crippen molar-refractivity contribution in [3.63, 3.8) is 0 Å². The molecule has 4 heteroatoms. The maximum Gasteiger partial charge on any atom is 0.200 e. The molecule has 4 nitrogen and oxygen atoms in total. The summed E-state index contributed by atoms with van der Waals surface area (Å²) < 4.78 is 12.3. The van der Waals surface area contributed by atoms with E-state index in [1.807, 2.05) is 48.5 Å². The minimum atomic E-state index is -0.0826. The Balaban J connectivity index is 1.78. The Morgan fingerprint density at radius 3 is 1.30 bits per heavy atom. The summed E-state index contributed by atoms with van der Waals surface area (Å²) in [5.41, 5.74) is 3.25. The van der Waals surface area contributed by atoms with Crippen molar-refractivity contribution >= 4 is 43.9 Å². The van der Waals surface area contributed by atoms with E-state index in [-0.39, 0.29) is 10.9 Å². The van der Waals surface area contributed by atoms with Crippen LogP contribution >= 0.6 is 0 Å². The first kappa shape index (κ1) is 16.7. The quantitative estimate of drug-likeness (QED) is 0.329. The maximum absolute atomic E-state index is 13.0. The van der Waals surface area contributed by atoms with Crippen LogP contribution in [0.25, 0.3) is 55.0 Å². The van der Waals surface area contributed by atoms with E-state index in [0.29, 0.717) is 55.0 Å². The zero-order chi connectivity index (χ0) is 20.2. The third kappa shape index (κ3) is 2.28. The topological polar surface area (TPSA) is 60.4 Å². The second kappa shape index (κ2) is 6.16. The standard InChI is InChI=1S/C26H14O4/c27-23-17-7-1-3-13-21(17)29-25-15(9-5-11-19(23)25)16-10-6-12-20-24(28)18-8-2-4-14-22(18)30-26(16)20/h1-14H. The lowest BCUT2D eigenvalue weighted by Gasteiger charge is -2.10. The highest BCUT2D eigenvalue weighted by atomic mass is 16.3. The largest absolute Gasteiger partial charge is 0.455 e. The first-order valence-corrected chi connectivity index (χ1v) is 9.62. The van der Waals surface area contributed by atoms with Crippen LogP contribution in [0.4, 0.5) is 0 Å². The fourth-order valence-corrected chi connectivity index (χ4v) is 4.07. The van der Waals surface area contributed by atoms with E-state index in [4.69, 9.17) is 8.83 Å². The molecule has 0 aliphatic carbocycles. The van der Waals surface area contributed by atoms with Gasteiger partial charge in [0.2, 0.25) is 10.9 Å². The first-order chi connectivity index (χ1) is 14.7. The van der Waals surface area contributed by atoms with Crippen molar-refractivity contribution in [3.05, 3.63) is 105 Å². The second-order valence-electron chi connectivity index (χ2n) is 7.22. The van der Waals surface area contributed by atoms with Gasteiger partial charge in [-0.05, 0) is 36.4 Å². The summed E-state index contributed by atoms with van der Waals surface area (Å²) in [5.74, 6) is 0. The second-order valence-corrected chi connectivity index (χ2v) is 7.22. The molecule has 0 spiro atoms. The summed E-state index contributed by atoms with van der Waals surface area (Å²) in [7, 11) is 0. The van der Waals surface area contributed by atoms with Crippen LogP contribution in [0, 0.1) is 0 Å². The number of rotatable bonds is 1.